The summed E-state index contributed by atoms with van der Waals surface area (Å²) in [6, 6.07) is 2.58. The van der Waals surface area contributed by atoms with Crippen molar-refractivity contribution in [1.29, 1.82) is 0 Å². The minimum atomic E-state index is -1.38. The van der Waals surface area contributed by atoms with E-state index in [1.807, 2.05) is 5.32 Å². The van der Waals surface area contributed by atoms with Gasteiger partial charge in [-0.25, -0.2) is 22.4 Å². The van der Waals surface area contributed by atoms with Crippen molar-refractivity contribution in [2.24, 2.45) is 0 Å². The topological polar surface area (TPSA) is 58.2 Å². The van der Waals surface area contributed by atoms with Crippen LogP contribution in [0.5, 0.6) is 0 Å². The van der Waals surface area contributed by atoms with Gasteiger partial charge in [-0.1, -0.05) is 17.7 Å². The molecule has 0 spiro atoms. The van der Waals surface area contributed by atoms with Gasteiger partial charge in [-0.15, -0.1) is 0 Å². The number of amides is 3. The van der Waals surface area contributed by atoms with Crippen LogP contribution in [0, 0.1) is 23.3 Å². The Kier molecular flexibility index (Phi) is 4.85. The summed E-state index contributed by atoms with van der Waals surface area (Å²) in [5, 5.41) is 2.92. The fourth-order valence-corrected chi connectivity index (χ4v) is 1.80. The Bertz CT molecular complexity index is 778. The second kappa shape index (κ2) is 6.66. The minimum Gasteiger partial charge on any atom is -0.305 e. The van der Waals surface area contributed by atoms with Gasteiger partial charge in [0.25, 0.3) is 5.91 Å². The first-order chi connectivity index (χ1) is 10.8. The number of halogens is 5. The van der Waals surface area contributed by atoms with Crippen molar-refractivity contribution in [2.45, 2.75) is 0 Å². The maximum atomic E-state index is 13.5. The molecule has 0 aliphatic heterocycles. The molecule has 120 valence electrons. The number of carbonyl (C=O) groups is 2. The Morgan fingerprint density at radius 2 is 1.52 bits per heavy atom. The molecule has 3 amide bonds. The molecule has 0 aromatic heterocycles. The van der Waals surface area contributed by atoms with Crippen LogP contribution in [-0.4, -0.2) is 11.9 Å². The highest BCUT2D eigenvalue weighted by Gasteiger charge is 2.20. The smallest absolute Gasteiger partial charge is 0.305 e. The fraction of sp³-hybridized carbons (Fsp3) is 0. The van der Waals surface area contributed by atoms with Crippen molar-refractivity contribution in [3.05, 3.63) is 64.2 Å². The molecular weight excluding hydrogens is 340 g/mol. The Hall–Kier alpha value is -2.61. The Morgan fingerprint density at radius 1 is 0.913 bits per heavy atom. The highest BCUT2D eigenvalue weighted by Crippen LogP contribution is 2.22. The maximum Gasteiger partial charge on any atom is 0.326 e. The molecule has 0 fully saturated rings. The van der Waals surface area contributed by atoms with Crippen molar-refractivity contribution in [2.75, 3.05) is 5.32 Å². The molecule has 0 heterocycles. The molecule has 0 aliphatic carbocycles. The molecule has 0 saturated heterocycles. The standard InChI is InChI=1S/C14H7ClF4N2O2/c15-6-4-10(19)11(5-9(6)18)20-14(23)21-13(22)12-7(16)2-1-3-8(12)17/h1-5H,(H2,20,21,22,23). The van der Waals surface area contributed by atoms with Crippen LogP contribution >= 0.6 is 11.6 Å². The third-order valence-corrected chi connectivity index (χ3v) is 2.96. The molecule has 2 rings (SSSR count). The van der Waals surface area contributed by atoms with Gasteiger partial charge in [-0.2, -0.15) is 0 Å². The van der Waals surface area contributed by atoms with Gasteiger partial charge in [0.2, 0.25) is 0 Å². The number of hydrogen-bond acceptors (Lipinski definition) is 2. The van der Waals surface area contributed by atoms with Crippen LogP contribution in [0.3, 0.4) is 0 Å². The zero-order chi connectivity index (χ0) is 17.1. The number of nitrogens with one attached hydrogen (secondary N) is 2. The molecule has 9 heteroatoms. The first kappa shape index (κ1) is 16.8. The van der Waals surface area contributed by atoms with Gasteiger partial charge < -0.3 is 5.32 Å². The van der Waals surface area contributed by atoms with E-state index in [0.717, 1.165) is 18.2 Å². The number of benzene rings is 2. The first-order valence-corrected chi connectivity index (χ1v) is 6.38. The number of anilines is 1. The summed E-state index contributed by atoms with van der Waals surface area (Å²) in [6.45, 7) is 0. The number of imide groups is 1. The summed E-state index contributed by atoms with van der Waals surface area (Å²) in [6.07, 6.45) is 0. The normalized spacial score (nSPS) is 10.3. The zero-order valence-electron chi connectivity index (χ0n) is 11.1. The first-order valence-electron chi connectivity index (χ1n) is 6.00. The van der Waals surface area contributed by atoms with Crippen LogP contribution in [0.1, 0.15) is 10.4 Å². The van der Waals surface area contributed by atoms with E-state index in [-0.39, 0.29) is 0 Å². The van der Waals surface area contributed by atoms with Crippen molar-refractivity contribution >= 4 is 29.2 Å². The van der Waals surface area contributed by atoms with Gasteiger partial charge in [0.15, 0.2) is 0 Å². The largest absolute Gasteiger partial charge is 0.326 e. The van der Waals surface area contributed by atoms with E-state index in [0.29, 0.717) is 12.1 Å². The SMILES string of the molecule is O=C(NC(=O)c1c(F)cccc1F)Nc1cc(F)c(Cl)cc1F. The van der Waals surface area contributed by atoms with E-state index >= 15 is 0 Å². The average molecular weight is 347 g/mol. The second-order valence-corrected chi connectivity index (χ2v) is 4.66. The molecular formula is C14H7ClF4N2O2. The average Bonchev–Trinajstić information content (AvgIpc) is 2.44. The molecule has 0 radical (unpaired) electrons. The summed E-state index contributed by atoms with van der Waals surface area (Å²) < 4.78 is 53.5. The molecule has 0 bridgehead atoms. The highest BCUT2D eigenvalue weighted by molar-refractivity contribution is 6.30. The number of carbonyl (C=O) groups excluding carboxylic acids is 2. The van der Waals surface area contributed by atoms with Crippen LogP contribution in [0.15, 0.2) is 30.3 Å². The van der Waals surface area contributed by atoms with E-state index in [1.54, 1.807) is 5.32 Å². The van der Waals surface area contributed by atoms with Gasteiger partial charge in [0.05, 0.1) is 10.7 Å². The Labute approximate surface area is 132 Å². The number of hydrogen-bond donors (Lipinski definition) is 2. The maximum absolute atomic E-state index is 13.5. The number of rotatable bonds is 2. The summed E-state index contributed by atoms with van der Waals surface area (Å²) in [4.78, 5) is 23.2. The third kappa shape index (κ3) is 3.78. The van der Waals surface area contributed by atoms with E-state index in [1.165, 1.54) is 0 Å². The lowest BCUT2D eigenvalue weighted by Crippen LogP contribution is -2.35. The zero-order valence-corrected chi connectivity index (χ0v) is 11.8. The van der Waals surface area contributed by atoms with Crippen LogP contribution in [-0.2, 0) is 0 Å². The quantitative estimate of drug-likeness (QED) is 0.641. The second-order valence-electron chi connectivity index (χ2n) is 4.25. The lowest BCUT2D eigenvalue weighted by molar-refractivity contribution is 0.0959. The van der Waals surface area contributed by atoms with Gasteiger partial charge in [0, 0.05) is 6.07 Å². The van der Waals surface area contributed by atoms with Crippen LogP contribution in [0.25, 0.3) is 0 Å². The molecule has 0 unspecified atom stereocenters. The Morgan fingerprint density at radius 3 is 2.13 bits per heavy atom. The van der Waals surface area contributed by atoms with Crippen molar-refractivity contribution < 1.29 is 27.2 Å². The Balaban J connectivity index is 2.14. The molecule has 2 aromatic rings. The van der Waals surface area contributed by atoms with Gasteiger partial charge in [0.1, 0.15) is 28.8 Å². The predicted molar refractivity (Wildman–Crippen MR) is 74.2 cm³/mol. The molecule has 4 nitrogen and oxygen atoms in total. The van der Waals surface area contributed by atoms with Crippen molar-refractivity contribution in [3.63, 3.8) is 0 Å². The molecule has 2 N–H and O–H groups in total. The molecule has 0 saturated carbocycles. The monoisotopic (exact) mass is 346 g/mol. The van der Waals surface area contributed by atoms with Gasteiger partial charge >= 0.3 is 6.03 Å². The third-order valence-electron chi connectivity index (χ3n) is 2.68. The lowest BCUT2D eigenvalue weighted by Gasteiger charge is -2.09. The predicted octanol–water partition coefficient (Wildman–Crippen LogP) is 3.86. The van der Waals surface area contributed by atoms with E-state index in [9.17, 15) is 27.2 Å². The highest BCUT2D eigenvalue weighted by atomic mass is 35.5. The molecule has 2 aromatic carbocycles. The summed E-state index contributed by atoms with van der Waals surface area (Å²) >= 11 is 5.34. The van der Waals surface area contributed by atoms with Crippen LogP contribution in [0.4, 0.5) is 28.0 Å². The van der Waals surface area contributed by atoms with Gasteiger partial charge in [-0.3, -0.25) is 10.1 Å². The fourth-order valence-electron chi connectivity index (χ4n) is 1.65. The van der Waals surface area contributed by atoms with E-state index in [2.05, 4.69) is 0 Å². The molecule has 23 heavy (non-hydrogen) atoms. The molecule has 0 atom stereocenters. The van der Waals surface area contributed by atoms with Gasteiger partial charge in [-0.05, 0) is 18.2 Å². The number of urea groups is 1. The summed E-state index contributed by atoms with van der Waals surface area (Å²) in [5.41, 5.74) is -1.59. The molecule has 0 aliphatic rings. The summed E-state index contributed by atoms with van der Waals surface area (Å²) in [7, 11) is 0. The van der Waals surface area contributed by atoms with Crippen molar-refractivity contribution in [1.82, 2.24) is 5.32 Å². The van der Waals surface area contributed by atoms with Crippen LogP contribution < -0.4 is 10.6 Å². The minimum absolute atomic E-state index is 0.502. The van der Waals surface area contributed by atoms with E-state index < -0.39 is 51.5 Å². The van der Waals surface area contributed by atoms with Crippen LogP contribution in [0.2, 0.25) is 5.02 Å². The lowest BCUT2D eigenvalue weighted by atomic mass is 10.2. The summed E-state index contributed by atoms with van der Waals surface area (Å²) in [5.74, 6) is -5.81. The van der Waals surface area contributed by atoms with Crippen molar-refractivity contribution in [3.8, 4) is 0 Å². The van der Waals surface area contributed by atoms with E-state index in [4.69, 9.17) is 11.6 Å².